The van der Waals surface area contributed by atoms with Gasteiger partial charge in [0.2, 0.25) is 0 Å². The molecule has 6 nitrogen and oxygen atoms in total. The largest absolute Gasteiger partial charge is 0.461 e. The highest BCUT2D eigenvalue weighted by Gasteiger charge is 2.10. The second kappa shape index (κ2) is 9.70. The summed E-state index contributed by atoms with van der Waals surface area (Å²) in [5.74, 6) is -0.881. The van der Waals surface area contributed by atoms with Crippen LogP contribution in [0.5, 0.6) is 0 Å². The van der Waals surface area contributed by atoms with E-state index in [-0.39, 0.29) is 26.3 Å². The molecular formula is C20H23NO5. The molecule has 0 aliphatic heterocycles. The van der Waals surface area contributed by atoms with Crippen LogP contribution in [0.15, 0.2) is 48.5 Å². The van der Waals surface area contributed by atoms with Crippen molar-refractivity contribution in [3.8, 4) is 0 Å². The summed E-state index contributed by atoms with van der Waals surface area (Å²) >= 11 is 0. The van der Waals surface area contributed by atoms with E-state index < -0.39 is 11.9 Å². The lowest BCUT2D eigenvalue weighted by molar-refractivity contribution is -0.107. The fourth-order valence-corrected chi connectivity index (χ4v) is 2.15. The maximum atomic E-state index is 11.8. The Hall–Kier alpha value is -2.70. The molecule has 0 atom stereocenters. The predicted octanol–water partition coefficient (Wildman–Crippen LogP) is 3.01. The van der Waals surface area contributed by atoms with Gasteiger partial charge in [0, 0.05) is 0 Å². The quantitative estimate of drug-likeness (QED) is 0.578. The Morgan fingerprint density at radius 3 is 1.46 bits per heavy atom. The zero-order valence-corrected chi connectivity index (χ0v) is 15.0. The number of aryl methyl sites for hydroxylation is 2. The number of nitrogens with zero attached hydrogens (tertiary/aromatic N) is 1. The molecule has 0 radical (unpaired) electrons. The average molecular weight is 357 g/mol. The molecule has 0 spiro atoms. The van der Waals surface area contributed by atoms with Gasteiger partial charge in [0.1, 0.15) is 13.2 Å². The monoisotopic (exact) mass is 357 g/mol. The molecule has 0 aliphatic carbocycles. The maximum absolute atomic E-state index is 11.8. The molecule has 0 amide bonds. The van der Waals surface area contributed by atoms with Gasteiger partial charge in [-0.2, -0.15) is 5.06 Å². The SMILES string of the molecule is Cc1ccc(C(=O)OCCN(O)CCOC(=O)c2ccc(C)cc2)cc1. The number of hydrogen-bond acceptors (Lipinski definition) is 6. The van der Waals surface area contributed by atoms with Crippen molar-refractivity contribution >= 4 is 11.9 Å². The first kappa shape index (κ1) is 19.6. The molecule has 2 aromatic carbocycles. The molecule has 0 aromatic heterocycles. The van der Waals surface area contributed by atoms with Crippen LogP contribution in [0.4, 0.5) is 0 Å². The van der Waals surface area contributed by atoms with Crippen molar-refractivity contribution < 1.29 is 24.3 Å². The van der Waals surface area contributed by atoms with Crippen molar-refractivity contribution in [2.75, 3.05) is 26.3 Å². The van der Waals surface area contributed by atoms with Crippen molar-refractivity contribution in [3.63, 3.8) is 0 Å². The van der Waals surface area contributed by atoms with E-state index in [1.165, 1.54) is 0 Å². The van der Waals surface area contributed by atoms with Crippen LogP contribution in [-0.2, 0) is 9.47 Å². The minimum Gasteiger partial charge on any atom is -0.461 e. The minimum absolute atomic E-state index is 0.0368. The van der Waals surface area contributed by atoms with Gasteiger partial charge in [-0.1, -0.05) is 35.4 Å². The molecule has 0 bridgehead atoms. The van der Waals surface area contributed by atoms with Gasteiger partial charge in [-0.25, -0.2) is 9.59 Å². The van der Waals surface area contributed by atoms with Gasteiger partial charge in [-0.3, -0.25) is 0 Å². The third-order valence-electron chi connectivity index (χ3n) is 3.74. The summed E-state index contributed by atoms with van der Waals surface area (Å²) in [5, 5.41) is 10.7. The number of hydrogen-bond donors (Lipinski definition) is 1. The van der Waals surface area contributed by atoms with Crippen molar-refractivity contribution in [1.29, 1.82) is 0 Å². The smallest absolute Gasteiger partial charge is 0.338 e. The minimum atomic E-state index is -0.441. The second-order valence-corrected chi connectivity index (χ2v) is 5.96. The molecule has 138 valence electrons. The summed E-state index contributed by atoms with van der Waals surface area (Å²) in [6.07, 6.45) is 0. The Morgan fingerprint density at radius 2 is 1.12 bits per heavy atom. The highest BCUT2D eigenvalue weighted by molar-refractivity contribution is 5.89. The topological polar surface area (TPSA) is 76.1 Å². The Morgan fingerprint density at radius 1 is 0.769 bits per heavy atom. The first-order valence-corrected chi connectivity index (χ1v) is 8.37. The maximum Gasteiger partial charge on any atom is 0.338 e. The van der Waals surface area contributed by atoms with E-state index in [2.05, 4.69) is 0 Å². The normalized spacial score (nSPS) is 10.6. The highest BCUT2D eigenvalue weighted by Crippen LogP contribution is 2.06. The zero-order valence-electron chi connectivity index (χ0n) is 15.0. The van der Waals surface area contributed by atoms with Crippen LogP contribution in [0, 0.1) is 13.8 Å². The Kier molecular flexibility index (Phi) is 7.32. The third kappa shape index (κ3) is 6.31. The number of carbonyl (C=O) groups excluding carboxylic acids is 2. The summed E-state index contributed by atoms with van der Waals surface area (Å²) in [5.41, 5.74) is 3.05. The molecule has 1 N–H and O–H groups in total. The van der Waals surface area contributed by atoms with Gasteiger partial charge >= 0.3 is 11.9 Å². The van der Waals surface area contributed by atoms with E-state index >= 15 is 0 Å². The second-order valence-electron chi connectivity index (χ2n) is 5.96. The number of rotatable bonds is 8. The molecule has 0 saturated carbocycles. The van der Waals surface area contributed by atoms with Gasteiger partial charge in [-0.05, 0) is 38.1 Å². The first-order chi connectivity index (χ1) is 12.5. The Bertz CT molecular complexity index is 661. The average Bonchev–Trinajstić information content (AvgIpc) is 2.62. The van der Waals surface area contributed by atoms with Crippen LogP contribution >= 0.6 is 0 Å². The lowest BCUT2D eigenvalue weighted by Gasteiger charge is -2.14. The molecule has 0 aliphatic rings. The molecule has 26 heavy (non-hydrogen) atoms. The summed E-state index contributed by atoms with van der Waals surface area (Å²) in [6, 6.07) is 14.1. The highest BCUT2D eigenvalue weighted by atomic mass is 16.6. The molecule has 0 heterocycles. The van der Waals surface area contributed by atoms with E-state index in [0.29, 0.717) is 11.1 Å². The van der Waals surface area contributed by atoms with Crippen molar-refractivity contribution in [1.82, 2.24) is 5.06 Å². The van der Waals surface area contributed by atoms with Crippen molar-refractivity contribution in [2.24, 2.45) is 0 Å². The predicted molar refractivity (Wildman–Crippen MR) is 96.3 cm³/mol. The van der Waals surface area contributed by atoms with Crippen LogP contribution in [0.2, 0.25) is 0 Å². The van der Waals surface area contributed by atoms with Crippen molar-refractivity contribution in [2.45, 2.75) is 13.8 Å². The number of benzene rings is 2. The van der Waals surface area contributed by atoms with E-state index in [1.54, 1.807) is 24.3 Å². The van der Waals surface area contributed by atoms with E-state index in [9.17, 15) is 14.8 Å². The van der Waals surface area contributed by atoms with Crippen molar-refractivity contribution in [3.05, 3.63) is 70.8 Å². The molecule has 2 rings (SSSR count). The number of ether oxygens (including phenoxy) is 2. The van der Waals surface area contributed by atoms with Crippen LogP contribution < -0.4 is 0 Å². The number of carbonyl (C=O) groups is 2. The van der Waals surface area contributed by atoms with E-state index in [0.717, 1.165) is 16.2 Å². The lowest BCUT2D eigenvalue weighted by Crippen LogP contribution is -2.29. The van der Waals surface area contributed by atoms with Gasteiger partial charge in [0.15, 0.2) is 0 Å². The number of hydroxylamine groups is 2. The van der Waals surface area contributed by atoms with Gasteiger partial charge in [0.05, 0.1) is 24.2 Å². The zero-order chi connectivity index (χ0) is 18.9. The van der Waals surface area contributed by atoms with Gasteiger partial charge in [0.25, 0.3) is 0 Å². The van der Waals surface area contributed by atoms with Crippen LogP contribution in [0.1, 0.15) is 31.8 Å². The fourth-order valence-electron chi connectivity index (χ4n) is 2.15. The first-order valence-electron chi connectivity index (χ1n) is 8.37. The standard InChI is InChI=1S/C20H23NO5/c1-15-3-7-17(8-4-15)19(22)25-13-11-21(24)12-14-26-20(23)18-9-5-16(2)6-10-18/h3-10,24H,11-14H2,1-2H3. The third-order valence-corrected chi connectivity index (χ3v) is 3.74. The van der Waals surface area contributed by atoms with Gasteiger partial charge in [-0.15, -0.1) is 0 Å². The fraction of sp³-hybridized carbons (Fsp3) is 0.300. The molecule has 0 unspecified atom stereocenters. The molecule has 2 aromatic rings. The number of esters is 2. The van der Waals surface area contributed by atoms with Gasteiger partial charge < -0.3 is 14.7 Å². The Balaban J connectivity index is 1.63. The van der Waals surface area contributed by atoms with Crippen LogP contribution in [0.25, 0.3) is 0 Å². The van der Waals surface area contributed by atoms with E-state index in [4.69, 9.17) is 9.47 Å². The molecule has 0 saturated heterocycles. The van der Waals surface area contributed by atoms with E-state index in [1.807, 2.05) is 38.1 Å². The molecular weight excluding hydrogens is 334 g/mol. The van der Waals surface area contributed by atoms with Crippen LogP contribution in [0.3, 0.4) is 0 Å². The molecule has 0 fully saturated rings. The summed E-state index contributed by atoms with van der Waals surface area (Å²) in [4.78, 5) is 23.7. The summed E-state index contributed by atoms with van der Waals surface area (Å²) in [6.45, 7) is 4.19. The van der Waals surface area contributed by atoms with Crippen LogP contribution in [-0.4, -0.2) is 48.5 Å². The Labute approximate surface area is 152 Å². The summed E-state index contributed by atoms with van der Waals surface area (Å²) in [7, 11) is 0. The molecule has 6 heteroatoms. The lowest BCUT2D eigenvalue weighted by atomic mass is 10.1. The summed E-state index contributed by atoms with van der Waals surface area (Å²) < 4.78 is 10.2.